The monoisotopic (exact) mass is 166 g/mol. The number of aldehydes is 1. The molecular formula is C7H6N2O3. The summed E-state index contributed by atoms with van der Waals surface area (Å²) in [5, 5.41) is 4.22. The van der Waals surface area contributed by atoms with E-state index >= 15 is 0 Å². The van der Waals surface area contributed by atoms with E-state index < -0.39 is 11.1 Å². The van der Waals surface area contributed by atoms with E-state index in [4.69, 9.17) is 0 Å². The van der Waals surface area contributed by atoms with Gasteiger partial charge < -0.3 is 0 Å². The largest absolute Gasteiger partial charge is 0.299 e. The minimum atomic E-state index is -0.437. The van der Waals surface area contributed by atoms with Crippen LogP contribution in [0.25, 0.3) is 6.08 Å². The van der Waals surface area contributed by atoms with Crippen molar-refractivity contribution >= 4 is 12.4 Å². The molecule has 0 aromatic carbocycles. The summed E-state index contributed by atoms with van der Waals surface area (Å²) < 4.78 is 0. The molecule has 0 aliphatic heterocycles. The van der Waals surface area contributed by atoms with Gasteiger partial charge in [-0.2, -0.15) is 0 Å². The average Bonchev–Trinajstić information content (AvgIpc) is 2.07. The zero-order chi connectivity index (χ0) is 8.97. The van der Waals surface area contributed by atoms with Crippen LogP contribution in [0.5, 0.6) is 0 Å². The molecule has 0 amide bonds. The molecule has 0 bridgehead atoms. The summed E-state index contributed by atoms with van der Waals surface area (Å²) >= 11 is 0. The smallest absolute Gasteiger partial charge is 0.269 e. The first-order valence-corrected chi connectivity index (χ1v) is 3.18. The van der Waals surface area contributed by atoms with E-state index in [9.17, 15) is 14.4 Å². The third kappa shape index (κ3) is 1.79. The number of aromatic amines is 2. The van der Waals surface area contributed by atoms with Crippen LogP contribution in [0.15, 0.2) is 21.7 Å². The van der Waals surface area contributed by atoms with Gasteiger partial charge in [-0.1, -0.05) is 0 Å². The van der Waals surface area contributed by atoms with Gasteiger partial charge in [0.25, 0.3) is 11.1 Å². The lowest BCUT2D eigenvalue weighted by molar-refractivity contribution is -0.104. The lowest BCUT2D eigenvalue weighted by Crippen LogP contribution is -2.19. The van der Waals surface area contributed by atoms with Crippen LogP contribution in [0.1, 0.15) is 5.56 Å². The van der Waals surface area contributed by atoms with Crippen LogP contribution >= 0.6 is 0 Å². The molecule has 0 radical (unpaired) electrons. The predicted octanol–water partition coefficient (Wildman–Crippen LogP) is -0.725. The minimum Gasteiger partial charge on any atom is -0.299 e. The van der Waals surface area contributed by atoms with Crippen molar-refractivity contribution in [3.05, 3.63) is 38.4 Å². The quantitative estimate of drug-likeness (QED) is 0.449. The van der Waals surface area contributed by atoms with Crippen molar-refractivity contribution in [2.75, 3.05) is 0 Å². The lowest BCUT2D eigenvalue weighted by atomic mass is 10.3. The Morgan fingerprint density at radius 1 is 1.25 bits per heavy atom. The molecule has 0 fully saturated rings. The van der Waals surface area contributed by atoms with Gasteiger partial charge in [-0.25, -0.2) is 0 Å². The Morgan fingerprint density at radius 2 is 2.00 bits per heavy atom. The highest BCUT2D eigenvalue weighted by molar-refractivity contribution is 5.73. The Kier molecular flexibility index (Phi) is 2.37. The van der Waals surface area contributed by atoms with E-state index in [1.807, 2.05) is 0 Å². The van der Waals surface area contributed by atoms with E-state index in [0.29, 0.717) is 6.29 Å². The fourth-order valence-electron chi connectivity index (χ4n) is 0.700. The second-order valence-corrected chi connectivity index (χ2v) is 2.04. The summed E-state index contributed by atoms with van der Waals surface area (Å²) in [6.45, 7) is 0. The third-order valence-electron chi connectivity index (χ3n) is 1.20. The molecule has 5 nitrogen and oxygen atoms in total. The number of nitrogens with one attached hydrogen (secondary N) is 2. The molecule has 1 aromatic heterocycles. The lowest BCUT2D eigenvalue weighted by Gasteiger charge is -1.87. The van der Waals surface area contributed by atoms with E-state index in [2.05, 4.69) is 10.2 Å². The van der Waals surface area contributed by atoms with Crippen molar-refractivity contribution in [1.82, 2.24) is 10.2 Å². The molecular weight excluding hydrogens is 160 g/mol. The molecule has 0 aliphatic carbocycles. The van der Waals surface area contributed by atoms with Gasteiger partial charge in [0.1, 0.15) is 6.29 Å². The molecule has 12 heavy (non-hydrogen) atoms. The summed E-state index contributed by atoms with van der Waals surface area (Å²) in [5.41, 5.74) is -0.696. The van der Waals surface area contributed by atoms with E-state index in [1.165, 1.54) is 6.08 Å². The predicted molar refractivity (Wildman–Crippen MR) is 42.8 cm³/mol. The van der Waals surface area contributed by atoms with Gasteiger partial charge in [0, 0.05) is 11.6 Å². The van der Waals surface area contributed by atoms with Crippen LogP contribution in [0.4, 0.5) is 0 Å². The van der Waals surface area contributed by atoms with E-state index in [0.717, 1.165) is 12.1 Å². The summed E-state index contributed by atoms with van der Waals surface area (Å²) in [6, 6.07) is 1.11. The van der Waals surface area contributed by atoms with Gasteiger partial charge >= 0.3 is 0 Å². The first-order chi connectivity index (χ1) is 5.74. The van der Waals surface area contributed by atoms with Crippen molar-refractivity contribution < 1.29 is 4.79 Å². The zero-order valence-electron chi connectivity index (χ0n) is 6.03. The molecule has 0 aliphatic rings. The van der Waals surface area contributed by atoms with Crippen molar-refractivity contribution in [2.45, 2.75) is 0 Å². The highest BCUT2D eigenvalue weighted by Crippen LogP contribution is 1.86. The maximum Gasteiger partial charge on any atom is 0.269 e. The maximum atomic E-state index is 10.9. The van der Waals surface area contributed by atoms with E-state index in [-0.39, 0.29) is 5.56 Å². The maximum absolute atomic E-state index is 10.9. The van der Waals surface area contributed by atoms with Gasteiger partial charge in [0.2, 0.25) is 0 Å². The number of rotatable bonds is 2. The van der Waals surface area contributed by atoms with E-state index in [1.54, 1.807) is 0 Å². The van der Waals surface area contributed by atoms with Crippen molar-refractivity contribution in [1.29, 1.82) is 0 Å². The number of aromatic nitrogens is 2. The van der Waals surface area contributed by atoms with Gasteiger partial charge in [0.15, 0.2) is 0 Å². The molecule has 0 spiro atoms. The van der Waals surface area contributed by atoms with Gasteiger partial charge in [0.05, 0.1) is 0 Å². The van der Waals surface area contributed by atoms with Gasteiger partial charge in [-0.05, 0) is 12.2 Å². The number of hydrogen-bond donors (Lipinski definition) is 2. The molecule has 1 rings (SSSR count). The second kappa shape index (κ2) is 3.47. The Labute approximate surface area is 66.7 Å². The molecule has 1 aromatic rings. The normalized spacial score (nSPS) is 10.3. The highest BCUT2D eigenvalue weighted by Gasteiger charge is 1.93. The number of hydrogen-bond acceptors (Lipinski definition) is 3. The van der Waals surface area contributed by atoms with Crippen LogP contribution in [-0.2, 0) is 4.79 Å². The standard InChI is InChI=1S/C7H6N2O3/c10-3-1-2-5-4-6(11)8-9-7(5)12/h1-4H,(H,8,11)(H,9,12). The molecule has 2 N–H and O–H groups in total. The SMILES string of the molecule is O=CC=Cc1cc(=O)[nH][nH]c1=O. The third-order valence-corrected chi connectivity index (χ3v) is 1.20. The fraction of sp³-hybridized carbons (Fsp3) is 0. The summed E-state index contributed by atoms with van der Waals surface area (Å²) in [5.74, 6) is 0. The molecule has 0 unspecified atom stereocenters. The van der Waals surface area contributed by atoms with Crippen molar-refractivity contribution in [2.24, 2.45) is 0 Å². The van der Waals surface area contributed by atoms with Crippen LogP contribution < -0.4 is 11.1 Å². The van der Waals surface area contributed by atoms with Crippen LogP contribution in [0.3, 0.4) is 0 Å². The zero-order valence-corrected chi connectivity index (χ0v) is 6.03. The van der Waals surface area contributed by atoms with Crippen molar-refractivity contribution in [3.8, 4) is 0 Å². The topological polar surface area (TPSA) is 82.8 Å². The number of carbonyl (C=O) groups excluding carboxylic acids is 1. The molecule has 1 heterocycles. The second-order valence-electron chi connectivity index (χ2n) is 2.04. The first-order valence-electron chi connectivity index (χ1n) is 3.18. The Morgan fingerprint density at radius 3 is 2.67 bits per heavy atom. The number of H-pyrrole nitrogens is 2. The number of allylic oxidation sites excluding steroid dienone is 1. The van der Waals surface area contributed by atoms with Crippen molar-refractivity contribution in [3.63, 3.8) is 0 Å². The molecule has 5 heteroatoms. The molecule has 62 valence electrons. The summed E-state index contributed by atoms with van der Waals surface area (Å²) in [7, 11) is 0. The van der Waals surface area contributed by atoms with Gasteiger partial charge in [-0.3, -0.25) is 24.6 Å². The minimum absolute atomic E-state index is 0.158. The average molecular weight is 166 g/mol. The fourth-order valence-corrected chi connectivity index (χ4v) is 0.700. The summed E-state index contributed by atoms with van der Waals surface area (Å²) in [6.07, 6.45) is 2.94. The molecule has 0 saturated carbocycles. The molecule has 0 atom stereocenters. The highest BCUT2D eigenvalue weighted by atomic mass is 16.1. The molecule has 0 saturated heterocycles. The Hall–Kier alpha value is -1.91. The van der Waals surface area contributed by atoms with Gasteiger partial charge in [-0.15, -0.1) is 0 Å². The van der Waals surface area contributed by atoms with Crippen LogP contribution in [0, 0.1) is 0 Å². The first kappa shape index (κ1) is 8.19. The number of carbonyl (C=O) groups is 1. The van der Waals surface area contributed by atoms with Crippen LogP contribution in [-0.4, -0.2) is 16.5 Å². The van der Waals surface area contributed by atoms with Crippen LogP contribution in [0.2, 0.25) is 0 Å². The Balaban J connectivity index is 3.23. The Bertz CT molecular complexity index is 413. The summed E-state index contributed by atoms with van der Waals surface area (Å²) in [4.78, 5) is 31.4.